The molecule has 0 fully saturated rings. The number of para-hydroxylation sites is 1. The lowest BCUT2D eigenvalue weighted by molar-refractivity contribution is -0.119. The van der Waals surface area contributed by atoms with Crippen LogP contribution in [0.5, 0.6) is 0 Å². The average molecular weight is 430 g/mol. The molecule has 0 saturated carbocycles. The van der Waals surface area contributed by atoms with Crippen molar-refractivity contribution >= 4 is 39.9 Å². The summed E-state index contributed by atoms with van der Waals surface area (Å²) in [4.78, 5) is 31.2. The Morgan fingerprint density at radius 3 is 2.79 bits per heavy atom. The van der Waals surface area contributed by atoms with Crippen LogP contribution in [0.4, 0.5) is 0 Å². The van der Waals surface area contributed by atoms with Gasteiger partial charge in [-0.2, -0.15) is 0 Å². The third kappa shape index (κ3) is 5.70. The lowest BCUT2D eigenvalue weighted by atomic mass is 10.2. The number of aromatic nitrogens is 2. The molecule has 0 aliphatic rings. The van der Waals surface area contributed by atoms with Gasteiger partial charge in [-0.1, -0.05) is 56.1 Å². The molecule has 3 rings (SSSR count). The largest absolute Gasteiger partial charge is 0.348 e. The number of carbonyl (C=O) groups excluding carboxylic acids is 1. The number of nitrogens with one attached hydrogen (secondary N) is 1. The molecular formula is C22H27N3O2S2. The highest BCUT2D eigenvalue weighted by molar-refractivity contribution is 7.99. The fourth-order valence-corrected chi connectivity index (χ4v) is 4.74. The molecule has 154 valence electrons. The maximum absolute atomic E-state index is 13.0. The molecule has 2 heterocycles. The number of fused-ring (bicyclic) bond motifs is 1. The first-order chi connectivity index (χ1) is 14.1. The number of thiophene rings is 1. The maximum Gasteiger partial charge on any atom is 0.262 e. The predicted molar refractivity (Wildman–Crippen MR) is 122 cm³/mol. The van der Waals surface area contributed by atoms with E-state index in [9.17, 15) is 9.59 Å². The van der Waals surface area contributed by atoms with E-state index in [2.05, 4.69) is 17.2 Å². The SMILES string of the molecule is CCCCCCn1c(SCC(=O)NC(C)c2cccs2)nc2ccccc2c1=O. The van der Waals surface area contributed by atoms with Crippen molar-refractivity contribution in [2.24, 2.45) is 0 Å². The van der Waals surface area contributed by atoms with Crippen molar-refractivity contribution in [1.29, 1.82) is 0 Å². The zero-order valence-electron chi connectivity index (χ0n) is 16.9. The van der Waals surface area contributed by atoms with Gasteiger partial charge in [0.25, 0.3) is 5.56 Å². The van der Waals surface area contributed by atoms with E-state index in [1.807, 2.05) is 48.7 Å². The Morgan fingerprint density at radius 1 is 1.21 bits per heavy atom. The molecule has 0 bridgehead atoms. The predicted octanol–water partition coefficient (Wildman–Crippen LogP) is 5.01. The monoisotopic (exact) mass is 429 g/mol. The quantitative estimate of drug-likeness (QED) is 0.280. The fourth-order valence-electron chi connectivity index (χ4n) is 3.17. The molecule has 0 aliphatic heterocycles. The molecule has 1 unspecified atom stereocenters. The summed E-state index contributed by atoms with van der Waals surface area (Å²) in [6.07, 6.45) is 4.32. The first kappa shape index (κ1) is 21.6. The van der Waals surface area contributed by atoms with E-state index in [0.29, 0.717) is 22.6 Å². The Balaban J connectivity index is 1.74. The van der Waals surface area contributed by atoms with Gasteiger partial charge in [-0.15, -0.1) is 11.3 Å². The highest BCUT2D eigenvalue weighted by Gasteiger charge is 2.15. The molecule has 0 aliphatic carbocycles. The van der Waals surface area contributed by atoms with Crippen molar-refractivity contribution in [2.75, 3.05) is 5.75 Å². The van der Waals surface area contributed by atoms with Gasteiger partial charge < -0.3 is 5.32 Å². The molecule has 1 atom stereocenters. The van der Waals surface area contributed by atoms with Crippen molar-refractivity contribution in [3.05, 3.63) is 57.0 Å². The molecule has 1 N–H and O–H groups in total. The molecule has 2 aromatic heterocycles. The van der Waals surface area contributed by atoms with Crippen LogP contribution in [0, 0.1) is 0 Å². The molecule has 1 amide bonds. The third-order valence-corrected chi connectivity index (χ3v) is 6.77. The van der Waals surface area contributed by atoms with Crippen LogP contribution in [0.15, 0.2) is 51.7 Å². The van der Waals surface area contributed by atoms with Gasteiger partial charge in [0.2, 0.25) is 5.91 Å². The molecular weight excluding hydrogens is 402 g/mol. The summed E-state index contributed by atoms with van der Waals surface area (Å²) < 4.78 is 1.73. The Hall–Kier alpha value is -2.12. The van der Waals surface area contributed by atoms with E-state index in [-0.39, 0.29) is 23.3 Å². The second-order valence-corrected chi connectivity index (χ2v) is 8.94. The first-order valence-electron chi connectivity index (χ1n) is 10.0. The van der Waals surface area contributed by atoms with Crippen molar-refractivity contribution in [1.82, 2.24) is 14.9 Å². The minimum Gasteiger partial charge on any atom is -0.348 e. The van der Waals surface area contributed by atoms with Gasteiger partial charge in [0.15, 0.2) is 5.16 Å². The number of hydrogen-bond acceptors (Lipinski definition) is 5. The van der Waals surface area contributed by atoms with Crippen LogP contribution in [-0.2, 0) is 11.3 Å². The van der Waals surface area contributed by atoms with Crippen LogP contribution >= 0.6 is 23.1 Å². The van der Waals surface area contributed by atoms with Crippen LogP contribution in [0.2, 0.25) is 0 Å². The normalized spacial score (nSPS) is 12.2. The molecule has 1 aromatic carbocycles. The standard InChI is InChI=1S/C22H27N3O2S2/c1-3-4-5-8-13-25-21(27)17-10-6-7-11-18(17)24-22(25)29-15-20(26)23-16(2)19-12-9-14-28-19/h6-7,9-12,14,16H,3-5,8,13,15H2,1-2H3,(H,23,26). The minimum absolute atomic E-state index is 0.0242. The van der Waals surface area contributed by atoms with Gasteiger partial charge >= 0.3 is 0 Å². The number of thioether (sulfide) groups is 1. The Kier molecular flexibility index (Phi) is 7.89. The zero-order valence-corrected chi connectivity index (χ0v) is 18.5. The smallest absolute Gasteiger partial charge is 0.262 e. The lowest BCUT2D eigenvalue weighted by Crippen LogP contribution is -2.29. The van der Waals surface area contributed by atoms with E-state index < -0.39 is 0 Å². The van der Waals surface area contributed by atoms with Crippen LogP contribution in [0.3, 0.4) is 0 Å². The average Bonchev–Trinajstić information content (AvgIpc) is 3.26. The lowest BCUT2D eigenvalue weighted by Gasteiger charge is -2.14. The molecule has 29 heavy (non-hydrogen) atoms. The van der Waals surface area contributed by atoms with Crippen molar-refractivity contribution in [3.8, 4) is 0 Å². The Labute approximate surface area is 179 Å². The second kappa shape index (κ2) is 10.6. The van der Waals surface area contributed by atoms with Gasteiger partial charge in [-0.3, -0.25) is 14.2 Å². The topological polar surface area (TPSA) is 64.0 Å². The van der Waals surface area contributed by atoms with Gasteiger partial charge in [0.05, 0.1) is 22.7 Å². The number of rotatable bonds is 10. The van der Waals surface area contributed by atoms with E-state index in [4.69, 9.17) is 0 Å². The summed E-state index contributed by atoms with van der Waals surface area (Å²) in [5.41, 5.74) is 0.652. The summed E-state index contributed by atoms with van der Waals surface area (Å²) in [6, 6.07) is 11.4. The number of benzene rings is 1. The Morgan fingerprint density at radius 2 is 2.03 bits per heavy atom. The van der Waals surface area contributed by atoms with Gasteiger partial charge in [0.1, 0.15) is 0 Å². The number of carbonyl (C=O) groups is 1. The zero-order chi connectivity index (χ0) is 20.6. The fraction of sp³-hybridized carbons (Fsp3) is 0.409. The highest BCUT2D eigenvalue weighted by Crippen LogP contribution is 2.21. The number of unbranched alkanes of at least 4 members (excludes halogenated alkanes) is 3. The Bertz CT molecular complexity index is 999. The number of hydrogen-bond donors (Lipinski definition) is 1. The number of nitrogens with zero attached hydrogens (tertiary/aromatic N) is 2. The second-order valence-electron chi connectivity index (χ2n) is 7.02. The van der Waals surface area contributed by atoms with Crippen molar-refractivity contribution in [3.63, 3.8) is 0 Å². The molecule has 5 nitrogen and oxygen atoms in total. The van der Waals surface area contributed by atoms with E-state index in [1.54, 1.807) is 15.9 Å². The summed E-state index contributed by atoms with van der Waals surface area (Å²) >= 11 is 2.96. The van der Waals surface area contributed by atoms with Gasteiger partial charge in [-0.05, 0) is 36.9 Å². The van der Waals surface area contributed by atoms with Crippen molar-refractivity contribution in [2.45, 2.75) is 57.3 Å². The van der Waals surface area contributed by atoms with Crippen LogP contribution < -0.4 is 10.9 Å². The van der Waals surface area contributed by atoms with Gasteiger partial charge in [-0.25, -0.2) is 4.98 Å². The van der Waals surface area contributed by atoms with Crippen LogP contribution in [-0.4, -0.2) is 21.2 Å². The van der Waals surface area contributed by atoms with Crippen LogP contribution in [0.1, 0.15) is 50.4 Å². The highest BCUT2D eigenvalue weighted by atomic mass is 32.2. The summed E-state index contributed by atoms with van der Waals surface area (Å²) in [5, 5.41) is 6.26. The van der Waals surface area contributed by atoms with Crippen LogP contribution in [0.25, 0.3) is 10.9 Å². The molecule has 0 radical (unpaired) electrons. The molecule has 3 aromatic rings. The van der Waals surface area contributed by atoms with E-state index in [1.165, 1.54) is 11.8 Å². The van der Waals surface area contributed by atoms with E-state index in [0.717, 1.165) is 30.6 Å². The summed E-state index contributed by atoms with van der Waals surface area (Å²) in [7, 11) is 0. The summed E-state index contributed by atoms with van der Waals surface area (Å²) in [6.45, 7) is 4.78. The first-order valence-corrected chi connectivity index (χ1v) is 11.9. The molecule has 7 heteroatoms. The number of amides is 1. The maximum atomic E-state index is 13.0. The van der Waals surface area contributed by atoms with Crippen molar-refractivity contribution < 1.29 is 4.79 Å². The van der Waals surface area contributed by atoms with E-state index >= 15 is 0 Å². The minimum atomic E-state index is -0.0594. The summed E-state index contributed by atoms with van der Waals surface area (Å²) in [5.74, 6) is 0.172. The molecule has 0 saturated heterocycles. The third-order valence-electron chi connectivity index (χ3n) is 4.74. The van der Waals surface area contributed by atoms with Gasteiger partial charge in [0, 0.05) is 11.4 Å². The molecule has 0 spiro atoms.